The Balaban J connectivity index is 1.57. The molecule has 0 unspecified atom stereocenters. The standard InChI is InChI=1S/C28H23F2IN4O4/c29-21-4-2-1-3-17(21)13-24(26-32-15-23(33-26)20-10-7-18(31)14-22(20)30)35-27(37)25(34-28(35)38)16-5-8-19(9-6-16)39-12-11-36/h1-10,14-15,24,36-37H,11-13H2,(H,32,33)(H,34,38)/t24-/m0/s1. The number of aliphatic hydroxyl groups is 1. The van der Waals surface area contributed by atoms with Crippen LogP contribution >= 0.6 is 22.6 Å². The van der Waals surface area contributed by atoms with Crippen LogP contribution in [-0.2, 0) is 6.42 Å². The molecule has 0 amide bonds. The van der Waals surface area contributed by atoms with Gasteiger partial charge in [0.15, 0.2) is 0 Å². The molecule has 0 spiro atoms. The topological polar surface area (TPSA) is 116 Å². The van der Waals surface area contributed by atoms with E-state index in [9.17, 15) is 18.7 Å². The number of ether oxygens (including phenoxy) is 1. The van der Waals surface area contributed by atoms with Gasteiger partial charge in [0.2, 0.25) is 5.88 Å². The second kappa shape index (κ2) is 11.4. The van der Waals surface area contributed by atoms with Crippen LogP contribution in [0, 0.1) is 15.2 Å². The van der Waals surface area contributed by atoms with Crippen molar-refractivity contribution in [2.24, 2.45) is 0 Å². The first-order valence-corrected chi connectivity index (χ1v) is 13.0. The third-order valence-corrected chi connectivity index (χ3v) is 6.89. The monoisotopic (exact) mass is 644 g/mol. The van der Waals surface area contributed by atoms with Crippen molar-refractivity contribution in [1.29, 1.82) is 0 Å². The van der Waals surface area contributed by atoms with Gasteiger partial charge in [-0.3, -0.25) is 4.57 Å². The summed E-state index contributed by atoms with van der Waals surface area (Å²) in [4.78, 5) is 23.3. The Morgan fingerprint density at radius 2 is 1.79 bits per heavy atom. The summed E-state index contributed by atoms with van der Waals surface area (Å²) in [5, 5.41) is 20.2. The highest BCUT2D eigenvalue weighted by atomic mass is 127. The first-order valence-electron chi connectivity index (χ1n) is 12.0. The van der Waals surface area contributed by atoms with Crippen LogP contribution in [0.15, 0.2) is 77.7 Å². The molecule has 0 bridgehead atoms. The maximum Gasteiger partial charge on any atom is 0.329 e. The van der Waals surface area contributed by atoms with Gasteiger partial charge in [-0.2, -0.15) is 0 Å². The van der Waals surface area contributed by atoms with Gasteiger partial charge in [-0.1, -0.05) is 18.2 Å². The molecular formula is C28H23F2IN4O4. The molecule has 0 radical (unpaired) electrons. The van der Waals surface area contributed by atoms with E-state index in [0.717, 1.165) is 8.14 Å². The quantitative estimate of drug-likeness (QED) is 0.168. The number of rotatable bonds is 9. The number of halogens is 3. The van der Waals surface area contributed by atoms with Crippen LogP contribution in [0.5, 0.6) is 11.6 Å². The van der Waals surface area contributed by atoms with Gasteiger partial charge in [0.25, 0.3) is 0 Å². The summed E-state index contributed by atoms with van der Waals surface area (Å²) in [6, 6.07) is 16.5. The minimum atomic E-state index is -0.952. The molecule has 0 aliphatic carbocycles. The zero-order valence-electron chi connectivity index (χ0n) is 20.4. The molecular weight excluding hydrogens is 621 g/mol. The first-order chi connectivity index (χ1) is 18.9. The maximum atomic E-state index is 14.7. The smallest absolute Gasteiger partial charge is 0.329 e. The summed E-state index contributed by atoms with van der Waals surface area (Å²) in [5.74, 6) is -0.541. The zero-order valence-corrected chi connectivity index (χ0v) is 22.5. The van der Waals surface area contributed by atoms with E-state index in [-0.39, 0.29) is 42.6 Å². The SMILES string of the molecule is O=c1[nH]c(-c2ccc(OCCO)cc2)c(O)n1[C@@H](Cc1ccccc1F)c1ncc(-c2ccc(I)cc2F)[nH]1. The Kier molecular flexibility index (Phi) is 7.79. The third-order valence-electron chi connectivity index (χ3n) is 6.22. The van der Waals surface area contributed by atoms with Gasteiger partial charge in [-0.05, 0) is 76.7 Å². The average Bonchev–Trinajstić information content (AvgIpc) is 3.52. The summed E-state index contributed by atoms with van der Waals surface area (Å²) in [7, 11) is 0. The number of aromatic hydroxyl groups is 1. The Morgan fingerprint density at radius 3 is 2.51 bits per heavy atom. The highest BCUT2D eigenvalue weighted by Gasteiger charge is 2.27. The molecule has 200 valence electrons. The van der Waals surface area contributed by atoms with Crippen molar-refractivity contribution in [3.05, 3.63) is 110 Å². The second-order valence-corrected chi connectivity index (χ2v) is 9.96. The lowest BCUT2D eigenvalue weighted by Crippen LogP contribution is -2.25. The molecule has 4 N–H and O–H groups in total. The third kappa shape index (κ3) is 5.59. The second-order valence-electron chi connectivity index (χ2n) is 8.71. The lowest BCUT2D eigenvalue weighted by atomic mass is 10.0. The molecule has 1 atom stereocenters. The van der Waals surface area contributed by atoms with E-state index in [0.29, 0.717) is 22.6 Å². The number of benzene rings is 3. The van der Waals surface area contributed by atoms with Crippen LogP contribution in [-0.4, -0.2) is 42.9 Å². The predicted octanol–water partition coefficient (Wildman–Crippen LogP) is 5.03. The molecule has 0 saturated carbocycles. The van der Waals surface area contributed by atoms with Crippen molar-refractivity contribution >= 4 is 22.6 Å². The molecule has 8 nitrogen and oxygen atoms in total. The average molecular weight is 644 g/mol. The minimum Gasteiger partial charge on any atom is -0.493 e. The summed E-state index contributed by atoms with van der Waals surface area (Å²) in [5.41, 5.74) is 0.990. The van der Waals surface area contributed by atoms with Gasteiger partial charge in [0.1, 0.15) is 41.6 Å². The fraction of sp³-hybridized carbons (Fsp3) is 0.143. The molecule has 5 rings (SSSR count). The van der Waals surface area contributed by atoms with E-state index in [1.165, 1.54) is 18.3 Å². The number of imidazole rings is 2. The van der Waals surface area contributed by atoms with Crippen molar-refractivity contribution < 1.29 is 23.7 Å². The molecule has 0 saturated heterocycles. The molecule has 5 aromatic rings. The Labute approximate surface area is 235 Å². The number of nitrogens with one attached hydrogen (secondary N) is 2. The fourth-order valence-corrected chi connectivity index (χ4v) is 4.80. The fourth-order valence-electron chi connectivity index (χ4n) is 4.34. The molecule has 39 heavy (non-hydrogen) atoms. The van der Waals surface area contributed by atoms with Crippen LogP contribution in [0.2, 0.25) is 0 Å². The van der Waals surface area contributed by atoms with E-state index in [1.54, 1.807) is 54.6 Å². The van der Waals surface area contributed by atoms with Crippen LogP contribution in [0.25, 0.3) is 22.5 Å². The number of H-pyrrole nitrogens is 2. The van der Waals surface area contributed by atoms with Gasteiger partial charge >= 0.3 is 5.69 Å². The van der Waals surface area contributed by atoms with Crippen LogP contribution < -0.4 is 10.4 Å². The van der Waals surface area contributed by atoms with Gasteiger partial charge in [0, 0.05) is 21.1 Å². The van der Waals surface area contributed by atoms with Gasteiger partial charge < -0.3 is 24.9 Å². The minimum absolute atomic E-state index is 0.0203. The number of hydrogen-bond donors (Lipinski definition) is 4. The summed E-state index contributed by atoms with van der Waals surface area (Å²) < 4.78 is 36.5. The van der Waals surface area contributed by atoms with Gasteiger partial charge in [-0.25, -0.2) is 18.6 Å². The van der Waals surface area contributed by atoms with E-state index in [1.807, 2.05) is 22.6 Å². The Morgan fingerprint density at radius 1 is 1.03 bits per heavy atom. The number of aliphatic hydroxyl groups excluding tert-OH is 1. The van der Waals surface area contributed by atoms with Crippen molar-refractivity contribution in [2.75, 3.05) is 13.2 Å². The van der Waals surface area contributed by atoms with Gasteiger partial charge in [0.05, 0.1) is 18.5 Å². The van der Waals surface area contributed by atoms with Crippen molar-refractivity contribution in [3.63, 3.8) is 0 Å². The van der Waals surface area contributed by atoms with Crippen LogP contribution in [0.1, 0.15) is 17.4 Å². The van der Waals surface area contributed by atoms with E-state index < -0.39 is 23.4 Å². The first kappa shape index (κ1) is 26.6. The molecule has 2 aromatic heterocycles. The lowest BCUT2D eigenvalue weighted by Gasteiger charge is -2.17. The van der Waals surface area contributed by atoms with Crippen molar-refractivity contribution in [2.45, 2.75) is 12.5 Å². The maximum absolute atomic E-state index is 14.7. The van der Waals surface area contributed by atoms with Crippen molar-refractivity contribution in [1.82, 2.24) is 19.5 Å². The molecule has 0 fully saturated rings. The van der Waals surface area contributed by atoms with E-state index in [4.69, 9.17) is 9.84 Å². The number of aromatic nitrogens is 4. The normalized spacial score (nSPS) is 12.0. The highest BCUT2D eigenvalue weighted by molar-refractivity contribution is 14.1. The summed E-state index contributed by atoms with van der Waals surface area (Å²) >= 11 is 2.01. The largest absolute Gasteiger partial charge is 0.493 e. The highest BCUT2D eigenvalue weighted by Crippen LogP contribution is 2.33. The van der Waals surface area contributed by atoms with Crippen LogP contribution in [0.3, 0.4) is 0 Å². The number of nitrogens with zero attached hydrogens (tertiary/aromatic N) is 2. The molecule has 3 aromatic carbocycles. The number of aromatic amines is 2. The lowest BCUT2D eigenvalue weighted by molar-refractivity contribution is 0.201. The molecule has 0 aliphatic rings. The van der Waals surface area contributed by atoms with E-state index >= 15 is 0 Å². The van der Waals surface area contributed by atoms with Gasteiger partial charge in [-0.15, -0.1) is 0 Å². The number of hydrogen-bond acceptors (Lipinski definition) is 5. The Hall–Kier alpha value is -3.97. The zero-order chi connectivity index (χ0) is 27.5. The summed E-state index contributed by atoms with van der Waals surface area (Å²) in [6.07, 6.45) is 1.42. The van der Waals surface area contributed by atoms with Crippen molar-refractivity contribution in [3.8, 4) is 34.1 Å². The summed E-state index contributed by atoms with van der Waals surface area (Å²) in [6.45, 7) is -0.000395. The van der Waals surface area contributed by atoms with E-state index in [2.05, 4.69) is 15.0 Å². The molecule has 11 heteroatoms. The molecule has 0 aliphatic heterocycles. The van der Waals surface area contributed by atoms with Crippen LogP contribution in [0.4, 0.5) is 8.78 Å². The Bertz CT molecular complexity index is 1660. The predicted molar refractivity (Wildman–Crippen MR) is 150 cm³/mol. The molecule has 2 heterocycles.